The molecule has 0 saturated carbocycles. The maximum Gasteiger partial charge on any atom is 0.416 e. The van der Waals surface area contributed by atoms with Gasteiger partial charge in [-0.05, 0) is 62.1 Å². The van der Waals surface area contributed by atoms with E-state index < -0.39 is 59.5 Å². The van der Waals surface area contributed by atoms with Crippen LogP contribution in [0.1, 0.15) is 29.2 Å². The molecule has 6 nitrogen and oxygen atoms in total. The minimum absolute atomic E-state index is 0.0230. The fourth-order valence-corrected chi connectivity index (χ4v) is 2.94. The summed E-state index contributed by atoms with van der Waals surface area (Å²) in [5.41, 5.74) is -5.34. The van der Waals surface area contributed by atoms with Gasteiger partial charge in [-0.25, -0.2) is 4.39 Å². The summed E-state index contributed by atoms with van der Waals surface area (Å²) < 4.78 is 96.6. The van der Waals surface area contributed by atoms with Crippen molar-refractivity contribution in [2.45, 2.75) is 31.4 Å². The van der Waals surface area contributed by atoms with Gasteiger partial charge in [0.1, 0.15) is 5.82 Å². The van der Waals surface area contributed by atoms with Gasteiger partial charge < -0.3 is 20.3 Å². The van der Waals surface area contributed by atoms with E-state index in [2.05, 4.69) is 36.6 Å². The van der Waals surface area contributed by atoms with Crippen molar-refractivity contribution in [3.63, 3.8) is 0 Å². The standard InChI is InChI=1S/C20H17F7N2O3.C4H11N/c1-28-17(31)18(29-11-30,13-2-4-16(21)5-3-13)10-32-9-12-6-14(19(22,23)24)8-15(7-12)20(25,26)27;1-4-5(2)3/h2-8,11H,9-10H2,1H3,(H,28,31)(H,29,30);4H2,1-3H3. The van der Waals surface area contributed by atoms with Crippen LogP contribution in [-0.2, 0) is 38.8 Å². The Bertz CT molecular complexity index is 993. The largest absolute Gasteiger partial charge is 0.416 e. The van der Waals surface area contributed by atoms with Crippen molar-refractivity contribution in [1.82, 2.24) is 15.5 Å². The molecule has 13 heteroatoms. The molecule has 206 valence electrons. The molecule has 2 aromatic rings. The molecule has 0 heterocycles. The maximum atomic E-state index is 13.3. The van der Waals surface area contributed by atoms with Crippen molar-refractivity contribution >= 4 is 12.3 Å². The number of rotatable bonds is 9. The molecule has 0 fully saturated rings. The number of hydrogen-bond acceptors (Lipinski definition) is 4. The monoisotopic (exact) mass is 539 g/mol. The van der Waals surface area contributed by atoms with Gasteiger partial charge in [0.05, 0.1) is 24.3 Å². The third-order valence-corrected chi connectivity index (χ3v) is 5.12. The summed E-state index contributed by atoms with van der Waals surface area (Å²) in [6, 6.07) is 5.31. The molecule has 2 amide bonds. The highest BCUT2D eigenvalue weighted by Crippen LogP contribution is 2.36. The second kappa shape index (κ2) is 13.4. The Kier molecular flexibility index (Phi) is 11.5. The van der Waals surface area contributed by atoms with Gasteiger partial charge in [0.2, 0.25) is 6.41 Å². The van der Waals surface area contributed by atoms with E-state index >= 15 is 0 Å². The summed E-state index contributed by atoms with van der Waals surface area (Å²) in [4.78, 5) is 25.8. The van der Waals surface area contributed by atoms with Crippen LogP contribution >= 0.6 is 0 Å². The van der Waals surface area contributed by atoms with Crippen molar-refractivity contribution in [2.24, 2.45) is 0 Å². The van der Waals surface area contributed by atoms with E-state index in [1.807, 2.05) is 0 Å². The highest BCUT2D eigenvalue weighted by atomic mass is 19.4. The molecular formula is C24H28F7N3O3. The lowest BCUT2D eigenvalue weighted by atomic mass is 9.89. The first-order valence-electron chi connectivity index (χ1n) is 10.8. The van der Waals surface area contributed by atoms with Crippen LogP contribution in [0, 0.1) is 5.82 Å². The zero-order chi connectivity index (χ0) is 28.4. The summed E-state index contributed by atoms with van der Waals surface area (Å²) in [5.74, 6) is -1.45. The summed E-state index contributed by atoms with van der Waals surface area (Å²) in [6.07, 6.45) is -9.90. The Balaban J connectivity index is 0.00000124. The van der Waals surface area contributed by atoms with Crippen molar-refractivity contribution < 1.29 is 45.1 Å². The van der Waals surface area contributed by atoms with Crippen LogP contribution in [0.2, 0.25) is 0 Å². The van der Waals surface area contributed by atoms with E-state index in [9.17, 15) is 40.3 Å². The summed E-state index contributed by atoms with van der Waals surface area (Å²) in [5, 5.41) is 4.52. The molecule has 1 unspecified atom stereocenters. The van der Waals surface area contributed by atoms with Crippen LogP contribution in [0.5, 0.6) is 0 Å². The van der Waals surface area contributed by atoms with Gasteiger partial charge in [-0.15, -0.1) is 0 Å². The fraction of sp³-hybridized carbons (Fsp3) is 0.417. The smallest absolute Gasteiger partial charge is 0.373 e. The molecule has 2 N–H and O–H groups in total. The number of carbonyl (C=O) groups is 2. The predicted molar refractivity (Wildman–Crippen MR) is 122 cm³/mol. The number of likely N-dealkylation sites (N-methyl/N-ethyl adjacent to an activating group) is 1. The van der Waals surface area contributed by atoms with Gasteiger partial charge in [0.25, 0.3) is 5.91 Å². The summed E-state index contributed by atoms with van der Waals surface area (Å²) in [6.45, 7) is 1.85. The minimum Gasteiger partial charge on any atom is -0.373 e. The van der Waals surface area contributed by atoms with E-state index in [1.54, 1.807) is 0 Å². The molecule has 0 spiro atoms. The van der Waals surface area contributed by atoms with Crippen LogP contribution < -0.4 is 10.6 Å². The van der Waals surface area contributed by atoms with Crippen molar-refractivity contribution in [2.75, 3.05) is 34.3 Å². The molecule has 0 aliphatic rings. The van der Waals surface area contributed by atoms with Gasteiger partial charge in [-0.1, -0.05) is 19.1 Å². The molecule has 0 aromatic heterocycles. The summed E-state index contributed by atoms with van der Waals surface area (Å²) in [7, 11) is 5.34. The summed E-state index contributed by atoms with van der Waals surface area (Å²) >= 11 is 0. The Morgan fingerprint density at radius 2 is 1.43 bits per heavy atom. The molecule has 2 aromatic carbocycles. The Morgan fingerprint density at radius 3 is 1.81 bits per heavy atom. The Morgan fingerprint density at radius 1 is 0.946 bits per heavy atom. The van der Waals surface area contributed by atoms with E-state index in [4.69, 9.17) is 4.74 Å². The Labute approximate surface area is 209 Å². The normalized spacial score (nSPS) is 13.3. The van der Waals surface area contributed by atoms with Crippen LogP contribution in [0.4, 0.5) is 30.7 Å². The molecule has 0 aliphatic carbocycles. The molecular weight excluding hydrogens is 511 g/mol. The van der Waals surface area contributed by atoms with E-state index in [0.29, 0.717) is 12.1 Å². The maximum absolute atomic E-state index is 13.3. The minimum atomic E-state index is -5.03. The van der Waals surface area contributed by atoms with Gasteiger partial charge >= 0.3 is 12.4 Å². The number of carbonyl (C=O) groups excluding carboxylic acids is 2. The highest BCUT2D eigenvalue weighted by Gasteiger charge is 2.41. The highest BCUT2D eigenvalue weighted by molar-refractivity contribution is 5.89. The SMILES string of the molecule is CCN(C)C.CNC(=O)C(COCc1cc(C(F)(F)F)cc(C(F)(F)F)c1)(NC=O)c1ccc(F)cc1. The lowest BCUT2D eigenvalue weighted by Crippen LogP contribution is -2.56. The number of alkyl halides is 6. The lowest BCUT2D eigenvalue weighted by Gasteiger charge is -2.31. The number of nitrogens with zero attached hydrogens (tertiary/aromatic N) is 1. The van der Waals surface area contributed by atoms with Crippen LogP contribution in [0.15, 0.2) is 42.5 Å². The third kappa shape index (κ3) is 9.32. The first-order valence-corrected chi connectivity index (χ1v) is 10.8. The van der Waals surface area contributed by atoms with E-state index in [0.717, 1.165) is 18.7 Å². The topological polar surface area (TPSA) is 70.7 Å². The van der Waals surface area contributed by atoms with Crippen LogP contribution in [0.3, 0.4) is 0 Å². The average molecular weight is 539 g/mol. The van der Waals surface area contributed by atoms with Crippen molar-refractivity contribution in [1.29, 1.82) is 0 Å². The predicted octanol–water partition coefficient (Wildman–Crippen LogP) is 4.34. The quantitative estimate of drug-likeness (QED) is 0.368. The van der Waals surface area contributed by atoms with E-state index in [-0.39, 0.29) is 18.0 Å². The number of benzene rings is 2. The number of halogens is 7. The number of ether oxygens (including phenoxy) is 1. The molecule has 37 heavy (non-hydrogen) atoms. The number of hydrogen-bond donors (Lipinski definition) is 2. The third-order valence-electron chi connectivity index (χ3n) is 5.12. The zero-order valence-corrected chi connectivity index (χ0v) is 20.6. The second-order valence-electron chi connectivity index (χ2n) is 8.06. The molecule has 2 rings (SSSR count). The van der Waals surface area contributed by atoms with Gasteiger partial charge in [-0.3, -0.25) is 9.59 Å². The first-order chi connectivity index (χ1) is 17.1. The zero-order valence-electron chi connectivity index (χ0n) is 20.6. The molecule has 0 aliphatic heterocycles. The molecule has 0 radical (unpaired) electrons. The Hall–Kier alpha value is -3.19. The molecule has 0 bridgehead atoms. The number of amides is 2. The van der Waals surface area contributed by atoms with Gasteiger partial charge in [0, 0.05) is 7.05 Å². The second-order valence-corrected chi connectivity index (χ2v) is 8.06. The first kappa shape index (κ1) is 31.8. The average Bonchev–Trinajstić information content (AvgIpc) is 2.82. The van der Waals surface area contributed by atoms with Crippen molar-refractivity contribution in [3.8, 4) is 0 Å². The molecule has 1 atom stereocenters. The van der Waals surface area contributed by atoms with Crippen LogP contribution in [0.25, 0.3) is 0 Å². The molecule has 0 saturated heterocycles. The number of nitrogens with one attached hydrogen (secondary N) is 2. The van der Waals surface area contributed by atoms with Gasteiger partial charge in [-0.2, -0.15) is 26.3 Å². The fourth-order valence-electron chi connectivity index (χ4n) is 2.94. The van der Waals surface area contributed by atoms with Gasteiger partial charge in [0.15, 0.2) is 5.54 Å². The van der Waals surface area contributed by atoms with E-state index in [1.165, 1.54) is 19.2 Å². The van der Waals surface area contributed by atoms with Crippen LogP contribution in [-0.4, -0.2) is 51.5 Å². The lowest BCUT2D eigenvalue weighted by molar-refractivity contribution is -0.143. The van der Waals surface area contributed by atoms with Crippen molar-refractivity contribution in [3.05, 3.63) is 70.5 Å².